The summed E-state index contributed by atoms with van der Waals surface area (Å²) in [4.78, 5) is 12.3. The van der Waals surface area contributed by atoms with Crippen LogP contribution in [0, 0.1) is 0 Å². The molecule has 1 aromatic heterocycles. The van der Waals surface area contributed by atoms with Gasteiger partial charge in [-0.2, -0.15) is 0 Å². The van der Waals surface area contributed by atoms with E-state index in [1.807, 2.05) is 39.0 Å². The van der Waals surface area contributed by atoms with Gasteiger partial charge in [-0.1, -0.05) is 43.7 Å². The van der Waals surface area contributed by atoms with Gasteiger partial charge in [0.05, 0.1) is 12.1 Å². The van der Waals surface area contributed by atoms with E-state index in [1.54, 1.807) is 0 Å². The van der Waals surface area contributed by atoms with Crippen LogP contribution in [0.15, 0.2) is 55.4 Å². The van der Waals surface area contributed by atoms with Gasteiger partial charge in [-0.25, -0.2) is 9.36 Å². The number of rotatable bonds is 12. The van der Waals surface area contributed by atoms with Crippen molar-refractivity contribution >= 4 is 11.7 Å². The second-order valence-electron chi connectivity index (χ2n) is 8.86. The van der Waals surface area contributed by atoms with Crippen LogP contribution >= 0.6 is 0 Å². The van der Waals surface area contributed by atoms with Crippen LogP contribution in [0.25, 0.3) is 5.57 Å². The zero-order chi connectivity index (χ0) is 22.7. The maximum absolute atomic E-state index is 12.3. The largest absolute Gasteiger partial charge is 0.450 e. The zero-order valence-electron chi connectivity index (χ0n) is 19.7. The third-order valence-corrected chi connectivity index (χ3v) is 5.49. The number of nitrogens with zero attached hydrogens (tertiary/aromatic N) is 1. The van der Waals surface area contributed by atoms with Gasteiger partial charge in [-0.15, -0.1) is 0 Å². The molecule has 0 saturated heterocycles. The third kappa shape index (κ3) is 8.56. The van der Waals surface area contributed by atoms with E-state index in [0.717, 1.165) is 55.3 Å². The van der Waals surface area contributed by atoms with Gasteiger partial charge in [-0.05, 0) is 69.7 Å². The molecule has 2 aromatic rings. The standard InChI is InChI=1S/C27H38N2O2/c1-6-13-23-14-12-18-29(21-23)17-9-7-8-10-19-31-26(30)28-27(4,5)25-16-11-15-24(20-25)22(2)3/h11-12,14-16,18,20-21H,2,6-10,13,17,19H2,1,3-5H3/p+1. The lowest BCUT2D eigenvalue weighted by Gasteiger charge is -2.27. The number of hydrogen-bond acceptors (Lipinski definition) is 2. The molecule has 168 valence electrons. The Balaban J connectivity index is 1.65. The predicted molar refractivity (Wildman–Crippen MR) is 128 cm³/mol. The maximum atomic E-state index is 12.3. The first kappa shape index (κ1) is 24.6. The normalized spacial score (nSPS) is 11.2. The van der Waals surface area contributed by atoms with E-state index in [0.29, 0.717) is 6.61 Å². The van der Waals surface area contributed by atoms with Crippen LogP contribution in [0.3, 0.4) is 0 Å². The summed E-state index contributed by atoms with van der Waals surface area (Å²) >= 11 is 0. The van der Waals surface area contributed by atoms with Gasteiger partial charge in [0.15, 0.2) is 12.4 Å². The summed E-state index contributed by atoms with van der Waals surface area (Å²) in [6.45, 7) is 13.6. The Hall–Kier alpha value is -2.62. The number of benzene rings is 1. The molecule has 4 nitrogen and oxygen atoms in total. The Morgan fingerprint density at radius 3 is 2.65 bits per heavy atom. The van der Waals surface area contributed by atoms with Gasteiger partial charge >= 0.3 is 6.09 Å². The zero-order valence-corrected chi connectivity index (χ0v) is 19.7. The van der Waals surface area contributed by atoms with Crippen LogP contribution in [0.1, 0.15) is 76.5 Å². The van der Waals surface area contributed by atoms with Gasteiger partial charge < -0.3 is 10.1 Å². The molecule has 0 aliphatic heterocycles. The molecule has 1 aromatic carbocycles. The highest BCUT2D eigenvalue weighted by Crippen LogP contribution is 2.23. The van der Waals surface area contributed by atoms with Gasteiger partial charge in [0.1, 0.15) is 6.54 Å². The molecule has 1 N–H and O–H groups in total. The van der Waals surface area contributed by atoms with Gasteiger partial charge in [0.25, 0.3) is 0 Å². The van der Waals surface area contributed by atoms with Crippen molar-refractivity contribution in [3.63, 3.8) is 0 Å². The van der Waals surface area contributed by atoms with Crippen LogP contribution in [0.2, 0.25) is 0 Å². The number of unbranched alkanes of at least 4 members (excludes halogenated alkanes) is 3. The second kappa shape index (κ2) is 12.3. The molecule has 31 heavy (non-hydrogen) atoms. The highest BCUT2D eigenvalue weighted by molar-refractivity contribution is 5.69. The number of carbonyl (C=O) groups is 1. The molecule has 0 atom stereocenters. The molecular weight excluding hydrogens is 384 g/mol. The first-order chi connectivity index (χ1) is 14.8. The fourth-order valence-corrected chi connectivity index (χ4v) is 3.60. The number of alkyl carbamates (subject to hydrolysis) is 1. The van der Waals surface area contributed by atoms with Crippen LogP contribution in [0.4, 0.5) is 4.79 Å². The molecule has 0 fully saturated rings. The molecule has 4 heteroatoms. The van der Waals surface area contributed by atoms with Crippen molar-refractivity contribution in [1.82, 2.24) is 5.32 Å². The second-order valence-corrected chi connectivity index (χ2v) is 8.86. The average Bonchev–Trinajstić information content (AvgIpc) is 2.73. The predicted octanol–water partition coefficient (Wildman–Crippen LogP) is 6.18. The van der Waals surface area contributed by atoms with Crippen LogP contribution in [-0.2, 0) is 23.2 Å². The highest BCUT2D eigenvalue weighted by Gasteiger charge is 2.23. The molecule has 2 rings (SSSR count). The van der Waals surface area contributed by atoms with Crippen LogP contribution in [0.5, 0.6) is 0 Å². The smallest absolute Gasteiger partial charge is 0.407 e. The number of hydrogen-bond donors (Lipinski definition) is 1. The summed E-state index contributed by atoms with van der Waals surface area (Å²) in [6, 6.07) is 12.4. The molecule has 0 unspecified atom stereocenters. The minimum Gasteiger partial charge on any atom is -0.450 e. The first-order valence-corrected chi connectivity index (χ1v) is 11.5. The van der Waals surface area contributed by atoms with E-state index in [9.17, 15) is 4.79 Å². The molecule has 0 aliphatic carbocycles. The molecule has 0 aliphatic rings. The Morgan fingerprint density at radius 1 is 1.13 bits per heavy atom. The van der Waals surface area contributed by atoms with Crippen molar-refractivity contribution in [3.8, 4) is 0 Å². The highest BCUT2D eigenvalue weighted by atomic mass is 16.5. The molecule has 0 spiro atoms. The topological polar surface area (TPSA) is 42.2 Å². The number of carbonyl (C=O) groups excluding carboxylic acids is 1. The van der Waals surface area contributed by atoms with Crippen molar-refractivity contribution in [2.45, 2.75) is 78.3 Å². The lowest BCUT2D eigenvalue weighted by atomic mass is 9.92. The fraction of sp³-hybridized carbons (Fsp3) is 0.481. The molecule has 1 amide bonds. The Kier molecular flexibility index (Phi) is 9.77. The number of aromatic nitrogens is 1. The lowest BCUT2D eigenvalue weighted by molar-refractivity contribution is -0.697. The third-order valence-electron chi connectivity index (χ3n) is 5.49. The van der Waals surface area contributed by atoms with Crippen molar-refractivity contribution in [1.29, 1.82) is 0 Å². The minimum atomic E-state index is -0.508. The van der Waals surface area contributed by atoms with Crippen molar-refractivity contribution in [2.75, 3.05) is 6.61 Å². The summed E-state index contributed by atoms with van der Waals surface area (Å²) in [5, 5.41) is 2.98. The monoisotopic (exact) mass is 423 g/mol. The van der Waals surface area contributed by atoms with E-state index in [1.165, 1.54) is 12.0 Å². The van der Waals surface area contributed by atoms with Crippen molar-refractivity contribution in [3.05, 3.63) is 72.1 Å². The van der Waals surface area contributed by atoms with E-state index in [-0.39, 0.29) is 6.09 Å². The summed E-state index contributed by atoms with van der Waals surface area (Å²) in [7, 11) is 0. The fourth-order valence-electron chi connectivity index (χ4n) is 3.60. The van der Waals surface area contributed by atoms with E-state index < -0.39 is 5.54 Å². The Morgan fingerprint density at radius 2 is 1.90 bits per heavy atom. The molecule has 0 bridgehead atoms. The van der Waals surface area contributed by atoms with Crippen LogP contribution < -0.4 is 9.88 Å². The SMILES string of the molecule is C=C(C)c1cccc(C(C)(C)NC(=O)OCCCCCC[n+]2cccc(CCC)c2)c1. The van der Waals surface area contributed by atoms with E-state index in [2.05, 4.69) is 54.0 Å². The summed E-state index contributed by atoms with van der Waals surface area (Å²) in [6.07, 6.45) is 10.6. The summed E-state index contributed by atoms with van der Waals surface area (Å²) in [5.41, 5.74) is 4.01. The first-order valence-electron chi connectivity index (χ1n) is 11.5. The molecule has 1 heterocycles. The number of aryl methyl sites for hydroxylation is 2. The van der Waals surface area contributed by atoms with Gasteiger partial charge in [0.2, 0.25) is 0 Å². The molecule has 0 radical (unpaired) electrons. The number of pyridine rings is 1. The van der Waals surface area contributed by atoms with Crippen molar-refractivity contribution in [2.24, 2.45) is 0 Å². The van der Waals surface area contributed by atoms with Gasteiger partial charge in [0, 0.05) is 18.1 Å². The van der Waals surface area contributed by atoms with E-state index >= 15 is 0 Å². The molecule has 0 saturated carbocycles. The quantitative estimate of drug-likeness (QED) is 0.327. The Labute approximate surface area is 188 Å². The Bertz CT molecular complexity index is 858. The van der Waals surface area contributed by atoms with Crippen molar-refractivity contribution < 1.29 is 14.1 Å². The number of ether oxygens (including phenoxy) is 1. The maximum Gasteiger partial charge on any atom is 0.407 e. The minimum absolute atomic E-state index is 0.367. The average molecular weight is 424 g/mol. The summed E-state index contributed by atoms with van der Waals surface area (Å²) < 4.78 is 7.69. The number of amides is 1. The van der Waals surface area contributed by atoms with Crippen LogP contribution in [-0.4, -0.2) is 12.7 Å². The number of nitrogens with one attached hydrogen (secondary N) is 1. The van der Waals surface area contributed by atoms with E-state index in [4.69, 9.17) is 4.74 Å². The summed E-state index contributed by atoms with van der Waals surface area (Å²) in [5.74, 6) is 0. The molecular formula is C27H39N2O2+. The van der Waals surface area contributed by atoms with Gasteiger partial charge in [-0.3, -0.25) is 0 Å². The lowest BCUT2D eigenvalue weighted by Crippen LogP contribution is -2.41. The number of allylic oxidation sites excluding steroid dienone is 1.